The fourth-order valence-corrected chi connectivity index (χ4v) is 2.38. The molecule has 3 N–H and O–H groups in total. The molecule has 5 heteroatoms. The van der Waals surface area contributed by atoms with Crippen LogP contribution in [-0.4, -0.2) is 56.2 Å². The summed E-state index contributed by atoms with van der Waals surface area (Å²) in [6.45, 7) is 8.44. The molecule has 1 saturated heterocycles. The molecule has 1 atom stereocenters. The summed E-state index contributed by atoms with van der Waals surface area (Å²) in [5.74, 6) is 0.502. The van der Waals surface area contributed by atoms with Crippen molar-refractivity contribution in [3.8, 4) is 0 Å². The van der Waals surface area contributed by atoms with E-state index in [2.05, 4.69) is 24.1 Å². The number of nitrogens with one attached hydrogen (secondary N) is 1. The zero-order chi connectivity index (χ0) is 13.4. The van der Waals surface area contributed by atoms with Gasteiger partial charge in [0, 0.05) is 19.1 Å². The first-order chi connectivity index (χ1) is 8.65. The number of hydrogen-bond acceptors (Lipinski definition) is 4. The van der Waals surface area contributed by atoms with Gasteiger partial charge in [0.2, 0.25) is 5.91 Å². The third-order valence-corrected chi connectivity index (χ3v) is 3.38. The standard InChI is InChI=1S/C13H27N3O2/c1-11(2)12(16-6-3-4-7-16)9-15-13(17)10-18-8-5-14/h11-12H,3-10,14H2,1-2H3,(H,15,17). The number of amides is 1. The molecule has 0 aromatic carbocycles. The van der Waals surface area contributed by atoms with Crippen molar-refractivity contribution in [3.05, 3.63) is 0 Å². The Labute approximate surface area is 110 Å². The van der Waals surface area contributed by atoms with E-state index >= 15 is 0 Å². The van der Waals surface area contributed by atoms with Crippen LogP contribution >= 0.6 is 0 Å². The smallest absolute Gasteiger partial charge is 0.246 e. The van der Waals surface area contributed by atoms with Crippen LogP contribution in [0.3, 0.4) is 0 Å². The summed E-state index contributed by atoms with van der Waals surface area (Å²) in [4.78, 5) is 14.0. The average Bonchev–Trinajstić information content (AvgIpc) is 2.83. The van der Waals surface area contributed by atoms with E-state index in [-0.39, 0.29) is 12.5 Å². The quantitative estimate of drug-likeness (QED) is 0.610. The van der Waals surface area contributed by atoms with E-state index in [0.29, 0.717) is 31.7 Å². The normalized spacial score (nSPS) is 18.2. The summed E-state index contributed by atoms with van der Waals surface area (Å²) in [5, 5.41) is 2.95. The zero-order valence-corrected chi connectivity index (χ0v) is 11.7. The van der Waals surface area contributed by atoms with Crippen molar-refractivity contribution >= 4 is 5.91 Å². The first kappa shape index (κ1) is 15.4. The lowest BCUT2D eigenvalue weighted by Gasteiger charge is -2.30. The Hall–Kier alpha value is -0.650. The number of likely N-dealkylation sites (tertiary alicyclic amines) is 1. The number of nitrogens with two attached hydrogens (primary N) is 1. The molecule has 0 aromatic rings. The highest BCUT2D eigenvalue weighted by atomic mass is 16.5. The number of rotatable bonds is 8. The van der Waals surface area contributed by atoms with Gasteiger partial charge in [-0.3, -0.25) is 9.69 Å². The van der Waals surface area contributed by atoms with Crippen LogP contribution in [0.25, 0.3) is 0 Å². The summed E-state index contributed by atoms with van der Waals surface area (Å²) < 4.78 is 5.11. The lowest BCUT2D eigenvalue weighted by Crippen LogP contribution is -2.46. The van der Waals surface area contributed by atoms with E-state index in [9.17, 15) is 4.79 Å². The van der Waals surface area contributed by atoms with E-state index in [1.165, 1.54) is 12.8 Å². The summed E-state index contributed by atoms with van der Waals surface area (Å²) >= 11 is 0. The monoisotopic (exact) mass is 257 g/mol. The molecule has 5 nitrogen and oxygen atoms in total. The Kier molecular flexibility index (Phi) is 7.23. The highest BCUT2D eigenvalue weighted by molar-refractivity contribution is 5.77. The maximum atomic E-state index is 11.6. The van der Waals surface area contributed by atoms with Crippen LogP contribution < -0.4 is 11.1 Å². The predicted octanol–water partition coefficient (Wildman–Crippen LogP) is 0.198. The Balaban J connectivity index is 2.26. The maximum absolute atomic E-state index is 11.6. The molecule has 1 amide bonds. The number of carbonyl (C=O) groups is 1. The number of nitrogens with zero attached hydrogens (tertiary/aromatic N) is 1. The van der Waals surface area contributed by atoms with E-state index in [1.807, 2.05) is 0 Å². The average molecular weight is 257 g/mol. The second-order valence-electron chi connectivity index (χ2n) is 5.20. The molecule has 0 aromatic heterocycles. The molecule has 18 heavy (non-hydrogen) atoms. The van der Waals surface area contributed by atoms with Crippen LogP contribution in [0.5, 0.6) is 0 Å². The van der Waals surface area contributed by atoms with Gasteiger partial charge in [0.1, 0.15) is 6.61 Å². The van der Waals surface area contributed by atoms with Gasteiger partial charge in [0.25, 0.3) is 0 Å². The summed E-state index contributed by atoms with van der Waals surface area (Å²) in [5.41, 5.74) is 5.30. The Morgan fingerprint density at radius 2 is 2.06 bits per heavy atom. The maximum Gasteiger partial charge on any atom is 0.246 e. The van der Waals surface area contributed by atoms with E-state index < -0.39 is 0 Å². The van der Waals surface area contributed by atoms with Crippen LogP contribution in [0.2, 0.25) is 0 Å². The van der Waals surface area contributed by atoms with Gasteiger partial charge in [0.05, 0.1) is 6.61 Å². The number of hydrogen-bond donors (Lipinski definition) is 2. The molecule has 1 heterocycles. The van der Waals surface area contributed by atoms with E-state index in [1.54, 1.807) is 0 Å². The van der Waals surface area contributed by atoms with Crippen molar-refractivity contribution in [3.63, 3.8) is 0 Å². The molecular formula is C13H27N3O2. The largest absolute Gasteiger partial charge is 0.370 e. The van der Waals surface area contributed by atoms with Crippen LogP contribution in [0.1, 0.15) is 26.7 Å². The minimum absolute atomic E-state index is 0.0479. The molecule has 1 fully saturated rings. The Bertz CT molecular complexity index is 240. The fraction of sp³-hybridized carbons (Fsp3) is 0.923. The van der Waals surface area contributed by atoms with Crippen LogP contribution in [0.4, 0.5) is 0 Å². The molecule has 0 radical (unpaired) electrons. The third kappa shape index (κ3) is 5.33. The minimum Gasteiger partial charge on any atom is -0.370 e. The zero-order valence-electron chi connectivity index (χ0n) is 11.7. The van der Waals surface area contributed by atoms with Crippen molar-refractivity contribution < 1.29 is 9.53 Å². The van der Waals surface area contributed by atoms with Gasteiger partial charge >= 0.3 is 0 Å². The molecule has 0 aliphatic carbocycles. The van der Waals surface area contributed by atoms with Gasteiger partial charge < -0.3 is 15.8 Å². The van der Waals surface area contributed by atoms with Gasteiger partial charge in [0.15, 0.2) is 0 Å². The third-order valence-electron chi connectivity index (χ3n) is 3.38. The molecule has 1 aliphatic heterocycles. The molecular weight excluding hydrogens is 230 g/mol. The van der Waals surface area contributed by atoms with Crippen LogP contribution in [0.15, 0.2) is 0 Å². The van der Waals surface area contributed by atoms with Crippen molar-refractivity contribution in [2.75, 3.05) is 39.4 Å². The van der Waals surface area contributed by atoms with Crippen molar-refractivity contribution in [1.82, 2.24) is 10.2 Å². The Morgan fingerprint density at radius 1 is 1.39 bits per heavy atom. The second-order valence-corrected chi connectivity index (χ2v) is 5.20. The SMILES string of the molecule is CC(C)C(CNC(=O)COCCN)N1CCCC1. The molecule has 0 bridgehead atoms. The summed E-state index contributed by atoms with van der Waals surface area (Å²) in [6, 6.07) is 0.436. The van der Waals surface area contributed by atoms with Gasteiger partial charge in [-0.1, -0.05) is 13.8 Å². The minimum atomic E-state index is -0.0479. The van der Waals surface area contributed by atoms with Crippen molar-refractivity contribution in [2.45, 2.75) is 32.7 Å². The molecule has 1 aliphatic rings. The predicted molar refractivity (Wildman–Crippen MR) is 72.3 cm³/mol. The summed E-state index contributed by atoms with van der Waals surface area (Å²) in [7, 11) is 0. The lowest BCUT2D eigenvalue weighted by molar-refractivity contribution is -0.125. The molecule has 1 rings (SSSR count). The molecule has 0 saturated carbocycles. The van der Waals surface area contributed by atoms with Crippen molar-refractivity contribution in [1.29, 1.82) is 0 Å². The van der Waals surface area contributed by atoms with Crippen LogP contribution in [0, 0.1) is 5.92 Å². The number of carbonyl (C=O) groups excluding carboxylic acids is 1. The van der Waals surface area contributed by atoms with Crippen molar-refractivity contribution in [2.24, 2.45) is 11.7 Å². The second kappa shape index (κ2) is 8.45. The highest BCUT2D eigenvalue weighted by Crippen LogP contribution is 2.16. The molecule has 1 unspecified atom stereocenters. The topological polar surface area (TPSA) is 67.6 Å². The van der Waals surface area contributed by atoms with Gasteiger partial charge in [-0.25, -0.2) is 0 Å². The fourth-order valence-electron chi connectivity index (χ4n) is 2.38. The Morgan fingerprint density at radius 3 is 2.61 bits per heavy atom. The first-order valence-electron chi connectivity index (χ1n) is 6.93. The highest BCUT2D eigenvalue weighted by Gasteiger charge is 2.24. The van der Waals surface area contributed by atoms with Gasteiger partial charge in [-0.15, -0.1) is 0 Å². The van der Waals surface area contributed by atoms with Gasteiger partial charge in [-0.2, -0.15) is 0 Å². The number of ether oxygens (including phenoxy) is 1. The summed E-state index contributed by atoms with van der Waals surface area (Å²) in [6.07, 6.45) is 2.55. The van der Waals surface area contributed by atoms with Gasteiger partial charge in [-0.05, 0) is 31.8 Å². The van der Waals surface area contributed by atoms with E-state index in [4.69, 9.17) is 10.5 Å². The lowest BCUT2D eigenvalue weighted by atomic mass is 10.0. The molecule has 106 valence electrons. The van der Waals surface area contributed by atoms with E-state index in [0.717, 1.165) is 13.1 Å². The molecule has 0 spiro atoms. The first-order valence-corrected chi connectivity index (χ1v) is 6.93. The van der Waals surface area contributed by atoms with Crippen LogP contribution in [-0.2, 0) is 9.53 Å².